The number of hydrogen-bond donors (Lipinski definition) is 1. The highest BCUT2D eigenvalue weighted by Crippen LogP contribution is 2.46. The van der Waals surface area contributed by atoms with Gasteiger partial charge < -0.3 is 10.1 Å². The molecule has 1 amide bonds. The summed E-state index contributed by atoms with van der Waals surface area (Å²) in [7, 11) is 0. The highest BCUT2D eigenvalue weighted by atomic mass is 19.4. The van der Waals surface area contributed by atoms with Crippen LogP contribution in [-0.2, 0) is 4.79 Å². The quantitative estimate of drug-likeness (QED) is 0.918. The van der Waals surface area contributed by atoms with Gasteiger partial charge >= 0.3 is 6.36 Å². The number of nitrogens with one attached hydrogen (secondary N) is 1. The summed E-state index contributed by atoms with van der Waals surface area (Å²) in [5.74, 6) is -1.11. The van der Waals surface area contributed by atoms with Crippen LogP contribution in [0, 0.1) is 16.7 Å². The molecule has 0 spiro atoms. The highest BCUT2D eigenvalue weighted by Gasteiger charge is 2.50. The average molecular weight is 270 g/mol. The van der Waals surface area contributed by atoms with Gasteiger partial charge in [0, 0.05) is 0 Å². The maximum absolute atomic E-state index is 12.2. The van der Waals surface area contributed by atoms with Crippen LogP contribution in [0.3, 0.4) is 0 Å². The average Bonchev–Trinajstić information content (AvgIpc) is 3.10. The third kappa shape index (κ3) is 2.96. The van der Waals surface area contributed by atoms with Gasteiger partial charge in [0.15, 0.2) is 5.75 Å². The number of nitriles is 1. The van der Waals surface area contributed by atoms with Gasteiger partial charge in [-0.3, -0.25) is 4.79 Å². The molecule has 1 aromatic carbocycles. The van der Waals surface area contributed by atoms with Crippen LogP contribution in [0.5, 0.6) is 5.75 Å². The standard InChI is InChI=1S/C12H9F3N2O2/c13-12(14,15)19-9-4-2-1-3-8(9)17-10(18)11(7-16)5-6-11/h1-4H,5-6H2,(H,17,18). The van der Waals surface area contributed by atoms with Crippen LogP contribution in [-0.4, -0.2) is 12.3 Å². The molecule has 1 aromatic rings. The summed E-state index contributed by atoms with van der Waals surface area (Å²) in [6.07, 6.45) is -4.01. The minimum atomic E-state index is -4.84. The van der Waals surface area contributed by atoms with Gasteiger partial charge in [-0.25, -0.2) is 0 Å². The summed E-state index contributed by atoms with van der Waals surface area (Å²) in [6, 6.07) is 7.06. The van der Waals surface area contributed by atoms with Crippen molar-refractivity contribution in [2.75, 3.05) is 5.32 Å². The van der Waals surface area contributed by atoms with Crippen molar-refractivity contribution in [3.05, 3.63) is 24.3 Å². The Bertz CT molecular complexity index is 545. The normalized spacial score (nSPS) is 16.3. The molecule has 100 valence electrons. The molecule has 1 N–H and O–H groups in total. The van der Waals surface area contributed by atoms with E-state index >= 15 is 0 Å². The maximum Gasteiger partial charge on any atom is 0.573 e. The number of para-hydroxylation sites is 2. The van der Waals surface area contributed by atoms with Gasteiger partial charge in [-0.05, 0) is 25.0 Å². The van der Waals surface area contributed by atoms with Gasteiger partial charge in [0.2, 0.25) is 5.91 Å². The van der Waals surface area contributed by atoms with Crippen LogP contribution in [0.15, 0.2) is 24.3 Å². The minimum Gasteiger partial charge on any atom is -0.404 e. The van der Waals surface area contributed by atoms with Crippen molar-refractivity contribution >= 4 is 11.6 Å². The van der Waals surface area contributed by atoms with E-state index in [1.807, 2.05) is 6.07 Å². The number of rotatable bonds is 3. The summed E-state index contributed by atoms with van der Waals surface area (Å²) in [5, 5.41) is 11.1. The van der Waals surface area contributed by atoms with Crippen LogP contribution in [0.25, 0.3) is 0 Å². The topological polar surface area (TPSA) is 62.1 Å². The van der Waals surface area contributed by atoms with Crippen LogP contribution in [0.4, 0.5) is 18.9 Å². The molecule has 0 saturated heterocycles. The van der Waals surface area contributed by atoms with Crippen molar-refractivity contribution in [2.24, 2.45) is 5.41 Å². The second-order valence-corrected chi connectivity index (χ2v) is 4.19. The zero-order chi connectivity index (χ0) is 14.1. The fourth-order valence-corrected chi connectivity index (χ4v) is 1.54. The van der Waals surface area contributed by atoms with Gasteiger partial charge in [0.1, 0.15) is 5.41 Å². The zero-order valence-electron chi connectivity index (χ0n) is 9.62. The Labute approximate surface area is 106 Å². The molecule has 19 heavy (non-hydrogen) atoms. The Morgan fingerprint density at radius 2 is 2.00 bits per heavy atom. The van der Waals surface area contributed by atoms with Crippen molar-refractivity contribution in [1.29, 1.82) is 5.26 Å². The van der Waals surface area contributed by atoms with Crippen molar-refractivity contribution in [2.45, 2.75) is 19.2 Å². The van der Waals surface area contributed by atoms with E-state index < -0.39 is 23.4 Å². The lowest BCUT2D eigenvalue weighted by Gasteiger charge is -2.14. The van der Waals surface area contributed by atoms with Gasteiger partial charge in [-0.2, -0.15) is 5.26 Å². The molecular weight excluding hydrogens is 261 g/mol. The molecule has 0 aromatic heterocycles. The van der Waals surface area contributed by atoms with Gasteiger partial charge in [0.05, 0.1) is 11.8 Å². The van der Waals surface area contributed by atoms with Gasteiger partial charge in [0.25, 0.3) is 0 Å². The van der Waals surface area contributed by atoms with E-state index in [4.69, 9.17) is 5.26 Å². The SMILES string of the molecule is N#CC1(C(=O)Nc2ccccc2OC(F)(F)F)CC1. The molecule has 1 aliphatic rings. The number of anilines is 1. The van der Waals surface area contributed by atoms with Crippen molar-refractivity contribution < 1.29 is 22.7 Å². The summed E-state index contributed by atoms with van der Waals surface area (Å²) < 4.78 is 40.4. The second-order valence-electron chi connectivity index (χ2n) is 4.19. The lowest BCUT2D eigenvalue weighted by molar-refractivity contribution is -0.274. The molecule has 0 radical (unpaired) electrons. The summed E-state index contributed by atoms with van der Waals surface area (Å²) in [5.41, 5.74) is -1.21. The largest absolute Gasteiger partial charge is 0.573 e. The Kier molecular flexibility index (Phi) is 3.10. The Balaban J connectivity index is 2.17. The van der Waals surface area contributed by atoms with Crippen molar-refractivity contribution in [3.63, 3.8) is 0 Å². The fourth-order valence-electron chi connectivity index (χ4n) is 1.54. The lowest BCUT2D eigenvalue weighted by atomic mass is 10.1. The number of ether oxygens (including phenoxy) is 1. The van der Waals surface area contributed by atoms with E-state index in [-0.39, 0.29) is 5.69 Å². The molecular formula is C12H9F3N2O2. The number of halogens is 3. The van der Waals surface area contributed by atoms with Crippen LogP contribution < -0.4 is 10.1 Å². The maximum atomic E-state index is 12.2. The Hall–Kier alpha value is -2.23. The molecule has 1 fully saturated rings. The van der Waals surface area contributed by atoms with Crippen LogP contribution in [0.2, 0.25) is 0 Å². The molecule has 7 heteroatoms. The molecule has 4 nitrogen and oxygen atoms in total. The predicted octanol–water partition coefficient (Wildman–Crippen LogP) is 2.83. The van der Waals surface area contributed by atoms with Crippen LogP contribution in [0.1, 0.15) is 12.8 Å². The predicted molar refractivity (Wildman–Crippen MR) is 59.0 cm³/mol. The van der Waals surface area contributed by atoms with E-state index in [9.17, 15) is 18.0 Å². The number of benzene rings is 1. The molecule has 1 aliphatic carbocycles. The zero-order valence-corrected chi connectivity index (χ0v) is 9.62. The van der Waals surface area contributed by atoms with Gasteiger partial charge in [-0.1, -0.05) is 12.1 Å². The van der Waals surface area contributed by atoms with E-state index in [0.717, 1.165) is 6.07 Å². The number of hydrogen-bond acceptors (Lipinski definition) is 3. The van der Waals surface area contributed by atoms with E-state index in [0.29, 0.717) is 12.8 Å². The molecule has 0 aliphatic heterocycles. The van der Waals surface area contributed by atoms with Crippen LogP contribution >= 0.6 is 0 Å². The van der Waals surface area contributed by atoms with E-state index in [1.165, 1.54) is 18.2 Å². The fraction of sp³-hybridized carbons (Fsp3) is 0.333. The van der Waals surface area contributed by atoms with E-state index in [1.54, 1.807) is 0 Å². The third-order valence-electron chi connectivity index (χ3n) is 2.76. The number of carbonyl (C=O) groups is 1. The minimum absolute atomic E-state index is 0.105. The summed E-state index contributed by atoms with van der Waals surface area (Å²) in [4.78, 5) is 11.8. The van der Waals surface area contributed by atoms with E-state index in [2.05, 4.69) is 10.1 Å². The van der Waals surface area contributed by atoms with Crippen molar-refractivity contribution in [1.82, 2.24) is 0 Å². The molecule has 0 unspecified atom stereocenters. The molecule has 1 saturated carbocycles. The molecule has 0 bridgehead atoms. The third-order valence-corrected chi connectivity index (χ3v) is 2.76. The van der Waals surface area contributed by atoms with Crippen molar-refractivity contribution in [3.8, 4) is 11.8 Å². The second kappa shape index (κ2) is 4.46. The lowest BCUT2D eigenvalue weighted by Crippen LogP contribution is -2.24. The Morgan fingerprint density at radius 3 is 2.53 bits per heavy atom. The first-order valence-corrected chi connectivity index (χ1v) is 5.44. The number of carbonyl (C=O) groups excluding carboxylic acids is 1. The summed E-state index contributed by atoms with van der Waals surface area (Å²) >= 11 is 0. The van der Waals surface area contributed by atoms with Gasteiger partial charge in [-0.15, -0.1) is 13.2 Å². The first-order chi connectivity index (χ1) is 8.86. The number of nitrogens with zero attached hydrogens (tertiary/aromatic N) is 1. The molecule has 2 rings (SSSR count). The smallest absolute Gasteiger partial charge is 0.404 e. The highest BCUT2D eigenvalue weighted by molar-refractivity contribution is 6.00. The molecule has 0 heterocycles. The number of amides is 1. The first-order valence-electron chi connectivity index (χ1n) is 5.44. The Morgan fingerprint density at radius 1 is 1.37 bits per heavy atom. The monoisotopic (exact) mass is 270 g/mol. The number of alkyl halides is 3. The summed E-state index contributed by atoms with van der Waals surface area (Å²) in [6.45, 7) is 0. The molecule has 0 atom stereocenters. The first kappa shape index (κ1) is 13.2.